The first-order valence-electron chi connectivity index (χ1n) is 29.3. The largest absolute Gasteiger partial charge is 0.394 e. The van der Waals surface area contributed by atoms with Crippen LogP contribution in [0.15, 0.2) is 0 Å². The number of carbonyl (C=O) groups excluding carboxylic acids is 1. The standard InChI is InChI=1S/C56H109NO14/c1-3-5-7-9-11-13-15-17-18-19-20-21-22-23-24-25-26-27-29-31-33-35-37-39-43(61)53(46(57)47(62)42(60)38-36-34-32-30-28-16-14-12-10-8-6-4-2)70-56-54(51(66)49(64)45(41-59)69-56)71-55-52(67)50(65)48(63)44(40-58)68-55/h42,44-56,58-60,62-67H,3-41,57H2,1-2H3/t42-,44-,45-,46+,47-,48+,49-,50+,51+,52-,53?,54-,55-,56-/m1/s1/i67+0. The monoisotopic (exact) mass is 1020 g/mol. The molecule has 2 heterocycles. The van der Waals surface area contributed by atoms with Gasteiger partial charge in [-0.05, 0) is 12.8 Å². The van der Waals surface area contributed by atoms with Crippen LogP contribution in [0.2, 0.25) is 0 Å². The second-order valence-corrected chi connectivity index (χ2v) is 21.4. The Labute approximate surface area is 430 Å². The van der Waals surface area contributed by atoms with Crippen LogP contribution in [0.1, 0.15) is 251 Å². The molecule has 14 atom stereocenters. The first kappa shape index (κ1) is 66.2. The fraction of sp³-hybridized carbons (Fsp3) is 0.982. The van der Waals surface area contributed by atoms with Gasteiger partial charge in [-0.15, -0.1) is 0 Å². The number of ether oxygens (including phenoxy) is 4. The molecular weight excluding hydrogens is 911 g/mol. The van der Waals surface area contributed by atoms with E-state index in [4.69, 9.17) is 24.7 Å². The number of hydrogen-bond donors (Lipinski definition) is 10. The number of aliphatic hydroxyl groups is 9. The molecule has 2 saturated heterocycles. The molecular formula is C56H109NO14. The minimum absolute atomic E-state index is 0.0265. The molecule has 2 aliphatic heterocycles. The quantitative estimate of drug-likeness (QED) is 0.0258. The Bertz CT molecular complexity index is 1240. The summed E-state index contributed by atoms with van der Waals surface area (Å²) in [4.78, 5) is 14.1. The normalized spacial score (nSPS) is 26.6. The van der Waals surface area contributed by atoms with Gasteiger partial charge in [-0.1, -0.05) is 232 Å². The fourth-order valence-electron chi connectivity index (χ4n) is 10.2. The molecule has 0 bridgehead atoms. The molecule has 2 rings (SSSR count). The van der Waals surface area contributed by atoms with Gasteiger partial charge in [-0.3, -0.25) is 4.79 Å². The topological polar surface area (TPSA) is 262 Å². The van der Waals surface area contributed by atoms with E-state index in [0.29, 0.717) is 12.8 Å². The van der Waals surface area contributed by atoms with Gasteiger partial charge in [-0.25, -0.2) is 0 Å². The summed E-state index contributed by atoms with van der Waals surface area (Å²) in [6.45, 7) is 2.97. The Morgan fingerprint density at radius 3 is 1.18 bits per heavy atom. The van der Waals surface area contributed by atoms with Crippen LogP contribution < -0.4 is 5.73 Å². The smallest absolute Gasteiger partial charge is 0.188 e. The van der Waals surface area contributed by atoms with Gasteiger partial charge < -0.3 is 70.6 Å². The highest BCUT2D eigenvalue weighted by Gasteiger charge is 2.52. The van der Waals surface area contributed by atoms with Crippen molar-refractivity contribution in [3.8, 4) is 0 Å². The SMILES string of the molecule is CCCCCCCCCCCCCCCCCCCCCCCCCC(=O)C(O[C@H]1O[C@H](CO)[C@@H](O)[C@H](O)[C@H]1O[C@H]1O[C@H](CO)[C@H](O)[C@H](O)[C@H]1[16OH])[C@@H](N)[C@H](O)[C@H](O)CCCCCCCCCCCCCC. The van der Waals surface area contributed by atoms with Crippen LogP contribution >= 0.6 is 0 Å². The summed E-state index contributed by atoms with van der Waals surface area (Å²) in [5, 5.41) is 95.8. The van der Waals surface area contributed by atoms with Gasteiger partial charge in [0.25, 0.3) is 0 Å². The van der Waals surface area contributed by atoms with Crippen LogP contribution in [-0.2, 0) is 23.7 Å². The van der Waals surface area contributed by atoms with Crippen LogP contribution in [0.3, 0.4) is 0 Å². The van der Waals surface area contributed by atoms with Crippen molar-refractivity contribution in [1.29, 1.82) is 0 Å². The molecule has 0 amide bonds. The maximum atomic E-state index is 14.1. The Hall–Kier alpha value is -0.890. The number of rotatable bonds is 47. The van der Waals surface area contributed by atoms with Gasteiger partial charge >= 0.3 is 0 Å². The molecule has 0 radical (unpaired) electrons. The predicted octanol–water partition coefficient (Wildman–Crippen LogP) is 8.09. The highest BCUT2D eigenvalue weighted by molar-refractivity contribution is 5.84. The van der Waals surface area contributed by atoms with Crippen LogP contribution in [0.4, 0.5) is 0 Å². The summed E-state index contributed by atoms with van der Waals surface area (Å²) < 4.78 is 23.3. The summed E-state index contributed by atoms with van der Waals surface area (Å²) in [6.07, 6.45) is 21.0. The van der Waals surface area contributed by atoms with Crippen molar-refractivity contribution >= 4 is 5.78 Å². The third kappa shape index (κ3) is 27.6. The Morgan fingerprint density at radius 1 is 0.465 bits per heavy atom. The van der Waals surface area contributed by atoms with E-state index < -0.39 is 105 Å². The van der Waals surface area contributed by atoms with Crippen LogP contribution in [0.5, 0.6) is 0 Å². The summed E-state index contributed by atoms with van der Waals surface area (Å²) in [5.74, 6) is -0.492. The van der Waals surface area contributed by atoms with E-state index in [1.165, 1.54) is 161 Å². The van der Waals surface area contributed by atoms with Gasteiger partial charge in [0.2, 0.25) is 0 Å². The molecule has 0 aromatic rings. The number of carbonyl (C=O) groups is 1. The van der Waals surface area contributed by atoms with Crippen molar-refractivity contribution in [3.05, 3.63) is 0 Å². The molecule has 2 aliphatic rings. The molecule has 0 spiro atoms. The van der Waals surface area contributed by atoms with Crippen molar-refractivity contribution in [3.63, 3.8) is 0 Å². The van der Waals surface area contributed by atoms with Crippen molar-refractivity contribution < 1.29 is 69.7 Å². The Morgan fingerprint density at radius 2 is 0.803 bits per heavy atom. The first-order valence-corrected chi connectivity index (χ1v) is 29.3. The zero-order valence-corrected chi connectivity index (χ0v) is 44.8. The number of aliphatic hydroxyl groups excluding tert-OH is 9. The van der Waals surface area contributed by atoms with E-state index in [-0.39, 0.29) is 12.8 Å². The molecule has 15 nitrogen and oxygen atoms in total. The van der Waals surface area contributed by atoms with Crippen molar-refractivity contribution in [2.75, 3.05) is 13.2 Å². The molecule has 422 valence electrons. The number of hydrogen-bond acceptors (Lipinski definition) is 15. The van der Waals surface area contributed by atoms with Crippen LogP contribution in [-0.4, -0.2) is 151 Å². The minimum Gasteiger partial charge on any atom is -0.394 e. The maximum absolute atomic E-state index is 14.1. The molecule has 0 aromatic heterocycles. The molecule has 11 N–H and O–H groups in total. The molecule has 2 fully saturated rings. The first-order chi connectivity index (χ1) is 34.4. The lowest BCUT2D eigenvalue weighted by Gasteiger charge is -2.46. The van der Waals surface area contributed by atoms with Gasteiger partial charge in [0, 0.05) is 6.42 Å². The number of unbranched alkanes of at least 4 members (excludes halogenated alkanes) is 33. The summed E-state index contributed by atoms with van der Waals surface area (Å²) in [6, 6.07) is -1.47. The van der Waals surface area contributed by atoms with Gasteiger partial charge in [0.1, 0.15) is 54.9 Å². The third-order valence-corrected chi connectivity index (χ3v) is 15.1. The van der Waals surface area contributed by atoms with E-state index in [0.717, 1.165) is 51.4 Å². The number of nitrogens with two attached hydrogens (primary N) is 1. The lowest BCUT2D eigenvalue weighted by molar-refractivity contribution is -0.371. The van der Waals surface area contributed by atoms with Crippen LogP contribution in [0, 0.1) is 0 Å². The Kier molecular flexibility index (Phi) is 39.4. The van der Waals surface area contributed by atoms with E-state index in [1.807, 2.05) is 0 Å². The predicted molar refractivity (Wildman–Crippen MR) is 278 cm³/mol. The van der Waals surface area contributed by atoms with Crippen molar-refractivity contribution in [2.45, 2.75) is 337 Å². The molecule has 0 aromatic carbocycles. The average molecular weight is 1020 g/mol. The lowest BCUT2D eigenvalue weighted by atomic mass is 9.92. The summed E-state index contributed by atoms with van der Waals surface area (Å²) in [5.41, 5.74) is 6.59. The van der Waals surface area contributed by atoms with E-state index in [2.05, 4.69) is 13.8 Å². The summed E-state index contributed by atoms with van der Waals surface area (Å²) in [7, 11) is 0. The highest BCUT2D eigenvalue weighted by atomic mass is 16.8. The lowest BCUT2D eigenvalue weighted by Crippen LogP contribution is -2.66. The molecule has 15 heteroatoms. The molecule has 0 aliphatic carbocycles. The Balaban J connectivity index is 1.89. The van der Waals surface area contributed by atoms with Gasteiger partial charge in [-0.2, -0.15) is 0 Å². The molecule has 1 unspecified atom stereocenters. The maximum Gasteiger partial charge on any atom is 0.188 e. The zero-order valence-electron chi connectivity index (χ0n) is 44.8. The molecule has 71 heavy (non-hydrogen) atoms. The van der Waals surface area contributed by atoms with Gasteiger partial charge in [0.05, 0.1) is 31.5 Å². The zero-order chi connectivity index (χ0) is 52.1. The average Bonchev–Trinajstić information content (AvgIpc) is 3.37. The summed E-state index contributed by atoms with van der Waals surface area (Å²) >= 11 is 0. The highest BCUT2D eigenvalue weighted by Crippen LogP contribution is 2.32. The van der Waals surface area contributed by atoms with E-state index in [9.17, 15) is 50.8 Å². The number of ketones is 1. The fourth-order valence-corrected chi connectivity index (χ4v) is 10.2. The van der Waals surface area contributed by atoms with E-state index in [1.54, 1.807) is 0 Å². The number of Topliss-reactive ketones (excluding diaryl/α,β-unsaturated/α-hetero) is 1. The second kappa shape index (κ2) is 42.2. The second-order valence-electron chi connectivity index (χ2n) is 21.4. The van der Waals surface area contributed by atoms with Crippen molar-refractivity contribution in [2.24, 2.45) is 5.73 Å². The van der Waals surface area contributed by atoms with Gasteiger partial charge in [0.15, 0.2) is 18.4 Å². The minimum atomic E-state index is -1.89. The third-order valence-electron chi connectivity index (χ3n) is 15.1. The van der Waals surface area contributed by atoms with Crippen molar-refractivity contribution in [1.82, 2.24) is 0 Å². The van der Waals surface area contributed by atoms with Crippen LogP contribution in [0.25, 0.3) is 0 Å². The molecule has 0 saturated carbocycles. The van der Waals surface area contributed by atoms with E-state index >= 15 is 0 Å².